The molecule has 3 heterocycles. The highest BCUT2D eigenvalue weighted by molar-refractivity contribution is 6.30. The molecule has 0 saturated carbocycles. The molecule has 1 saturated heterocycles. The first-order valence-corrected chi connectivity index (χ1v) is 11.3. The summed E-state index contributed by atoms with van der Waals surface area (Å²) in [7, 11) is 0. The average Bonchev–Trinajstić information content (AvgIpc) is 3.28. The summed E-state index contributed by atoms with van der Waals surface area (Å²) in [5.41, 5.74) is 4.13. The number of hydrogen-bond donors (Lipinski definition) is 1. The third kappa shape index (κ3) is 5.16. The monoisotopic (exact) mass is 461 g/mol. The Morgan fingerprint density at radius 3 is 2.64 bits per heavy atom. The average molecular weight is 462 g/mol. The Morgan fingerprint density at radius 1 is 1.06 bits per heavy atom. The van der Waals surface area contributed by atoms with Crippen LogP contribution in [0.3, 0.4) is 0 Å². The fraction of sp³-hybridized carbons (Fsp3) is 0.240. The molecule has 5 rings (SSSR count). The van der Waals surface area contributed by atoms with Crippen molar-refractivity contribution in [3.63, 3.8) is 0 Å². The summed E-state index contributed by atoms with van der Waals surface area (Å²) < 4.78 is 5.60. The van der Waals surface area contributed by atoms with Crippen LogP contribution >= 0.6 is 11.6 Å². The molecule has 168 valence electrons. The fourth-order valence-electron chi connectivity index (χ4n) is 3.97. The number of nitrogens with zero attached hydrogens (tertiary/aromatic N) is 4. The van der Waals surface area contributed by atoms with Crippen molar-refractivity contribution in [3.05, 3.63) is 77.6 Å². The van der Waals surface area contributed by atoms with Crippen molar-refractivity contribution in [2.75, 3.05) is 32.8 Å². The summed E-state index contributed by atoms with van der Waals surface area (Å²) >= 11 is 5.88. The van der Waals surface area contributed by atoms with Gasteiger partial charge in [-0.15, -0.1) is 0 Å². The highest BCUT2D eigenvalue weighted by Gasteiger charge is 2.21. The van der Waals surface area contributed by atoms with Gasteiger partial charge in [-0.1, -0.05) is 17.7 Å². The first-order valence-electron chi connectivity index (χ1n) is 10.9. The Bertz CT molecular complexity index is 1230. The van der Waals surface area contributed by atoms with Crippen molar-refractivity contribution in [1.82, 2.24) is 24.8 Å². The van der Waals surface area contributed by atoms with Gasteiger partial charge in [-0.25, -0.2) is 4.98 Å². The lowest BCUT2D eigenvalue weighted by Gasteiger charge is -2.34. The molecule has 1 amide bonds. The molecule has 0 atom stereocenters. The molecule has 1 aliphatic rings. The SMILES string of the molecule is O=C(COc1ccc(Cl)cc1)N1CCN(Cc2ccc3[nH]c(-c4cccnc4)nc3c2)CC1. The van der Waals surface area contributed by atoms with E-state index in [1.165, 1.54) is 5.56 Å². The number of halogens is 1. The predicted molar refractivity (Wildman–Crippen MR) is 128 cm³/mol. The summed E-state index contributed by atoms with van der Waals surface area (Å²) in [6.07, 6.45) is 3.56. The summed E-state index contributed by atoms with van der Waals surface area (Å²) in [6.45, 7) is 3.90. The molecule has 2 aromatic carbocycles. The topological polar surface area (TPSA) is 74.3 Å². The number of benzene rings is 2. The highest BCUT2D eigenvalue weighted by Crippen LogP contribution is 2.21. The molecule has 0 bridgehead atoms. The molecule has 0 unspecified atom stereocenters. The molecule has 7 nitrogen and oxygen atoms in total. The quantitative estimate of drug-likeness (QED) is 0.469. The van der Waals surface area contributed by atoms with Gasteiger partial charge >= 0.3 is 0 Å². The van der Waals surface area contributed by atoms with Crippen LogP contribution in [0.2, 0.25) is 5.02 Å². The lowest BCUT2D eigenvalue weighted by atomic mass is 10.1. The number of rotatable bonds is 6. The van der Waals surface area contributed by atoms with Crippen LogP contribution in [-0.4, -0.2) is 63.4 Å². The number of pyridine rings is 1. The molecule has 1 fully saturated rings. The second-order valence-electron chi connectivity index (χ2n) is 8.08. The summed E-state index contributed by atoms with van der Waals surface area (Å²) in [6, 6.07) is 17.3. The lowest BCUT2D eigenvalue weighted by Crippen LogP contribution is -2.49. The van der Waals surface area contributed by atoms with Crippen molar-refractivity contribution < 1.29 is 9.53 Å². The van der Waals surface area contributed by atoms with E-state index < -0.39 is 0 Å². The van der Waals surface area contributed by atoms with Gasteiger partial charge in [0.2, 0.25) is 0 Å². The van der Waals surface area contributed by atoms with E-state index in [0.29, 0.717) is 23.9 Å². The van der Waals surface area contributed by atoms with Crippen LogP contribution in [0.15, 0.2) is 67.0 Å². The molecule has 0 aliphatic carbocycles. The summed E-state index contributed by atoms with van der Waals surface area (Å²) in [5, 5.41) is 0.644. The zero-order valence-corrected chi connectivity index (χ0v) is 18.8. The van der Waals surface area contributed by atoms with Crippen molar-refractivity contribution in [2.24, 2.45) is 0 Å². The van der Waals surface area contributed by atoms with E-state index in [-0.39, 0.29) is 12.5 Å². The van der Waals surface area contributed by atoms with Crippen LogP contribution in [0, 0.1) is 0 Å². The fourth-order valence-corrected chi connectivity index (χ4v) is 4.10. The minimum absolute atomic E-state index is 0.00507. The molecule has 0 spiro atoms. The predicted octanol–water partition coefficient (Wildman–Crippen LogP) is 4.00. The molecule has 1 N–H and O–H groups in total. The van der Waals surface area contributed by atoms with Crippen LogP contribution < -0.4 is 4.74 Å². The molecule has 2 aromatic heterocycles. The third-order valence-corrected chi connectivity index (χ3v) is 6.04. The van der Waals surface area contributed by atoms with Crippen LogP contribution in [0.1, 0.15) is 5.56 Å². The summed E-state index contributed by atoms with van der Waals surface area (Å²) in [5.74, 6) is 1.47. The van der Waals surface area contributed by atoms with Gasteiger partial charge in [0.1, 0.15) is 11.6 Å². The Hall–Kier alpha value is -3.42. The minimum atomic E-state index is 0.00507. The van der Waals surface area contributed by atoms with Gasteiger partial charge < -0.3 is 14.6 Å². The maximum Gasteiger partial charge on any atom is 0.260 e. The van der Waals surface area contributed by atoms with Gasteiger partial charge in [0, 0.05) is 55.7 Å². The number of carbonyl (C=O) groups excluding carboxylic acids is 1. The van der Waals surface area contributed by atoms with Gasteiger partial charge in [0.05, 0.1) is 11.0 Å². The van der Waals surface area contributed by atoms with E-state index in [4.69, 9.17) is 21.3 Å². The van der Waals surface area contributed by atoms with Gasteiger partial charge in [-0.2, -0.15) is 0 Å². The maximum atomic E-state index is 12.5. The summed E-state index contributed by atoms with van der Waals surface area (Å²) in [4.78, 5) is 29.0. The molecule has 33 heavy (non-hydrogen) atoms. The third-order valence-electron chi connectivity index (χ3n) is 5.79. The van der Waals surface area contributed by atoms with Gasteiger partial charge in [0.15, 0.2) is 6.61 Å². The Balaban J connectivity index is 1.14. The van der Waals surface area contributed by atoms with Crippen LogP contribution in [-0.2, 0) is 11.3 Å². The minimum Gasteiger partial charge on any atom is -0.484 e. The largest absolute Gasteiger partial charge is 0.484 e. The zero-order chi connectivity index (χ0) is 22.6. The number of carbonyl (C=O) groups is 1. The second-order valence-corrected chi connectivity index (χ2v) is 8.51. The first kappa shape index (κ1) is 21.4. The Morgan fingerprint density at radius 2 is 1.88 bits per heavy atom. The van der Waals surface area contributed by atoms with E-state index in [1.54, 1.807) is 36.7 Å². The molecule has 0 radical (unpaired) electrons. The zero-order valence-electron chi connectivity index (χ0n) is 18.1. The molecular formula is C25H24ClN5O2. The van der Waals surface area contributed by atoms with Crippen molar-refractivity contribution in [1.29, 1.82) is 0 Å². The van der Waals surface area contributed by atoms with E-state index >= 15 is 0 Å². The molecule has 8 heteroatoms. The van der Waals surface area contributed by atoms with Crippen LogP contribution in [0.25, 0.3) is 22.4 Å². The van der Waals surface area contributed by atoms with Crippen LogP contribution in [0.4, 0.5) is 0 Å². The van der Waals surface area contributed by atoms with E-state index in [2.05, 4.69) is 33.1 Å². The van der Waals surface area contributed by atoms with E-state index in [1.807, 2.05) is 17.0 Å². The number of ether oxygens (including phenoxy) is 1. The highest BCUT2D eigenvalue weighted by atomic mass is 35.5. The number of hydrogen-bond acceptors (Lipinski definition) is 5. The van der Waals surface area contributed by atoms with Crippen molar-refractivity contribution >= 4 is 28.5 Å². The smallest absolute Gasteiger partial charge is 0.260 e. The number of fused-ring (bicyclic) bond motifs is 1. The van der Waals surface area contributed by atoms with E-state index in [0.717, 1.165) is 42.1 Å². The number of aromatic amines is 1. The van der Waals surface area contributed by atoms with Gasteiger partial charge in [-0.05, 0) is 54.1 Å². The molecule has 4 aromatic rings. The second kappa shape index (κ2) is 9.60. The normalized spacial score (nSPS) is 14.5. The number of amides is 1. The lowest BCUT2D eigenvalue weighted by molar-refractivity contribution is -0.135. The molecule has 1 aliphatic heterocycles. The molecular weight excluding hydrogens is 438 g/mol. The number of nitrogens with one attached hydrogen (secondary N) is 1. The van der Waals surface area contributed by atoms with E-state index in [9.17, 15) is 4.79 Å². The number of piperazine rings is 1. The number of imidazole rings is 1. The maximum absolute atomic E-state index is 12.5. The number of H-pyrrole nitrogens is 1. The van der Waals surface area contributed by atoms with Crippen molar-refractivity contribution in [3.8, 4) is 17.1 Å². The Kier molecular flexibility index (Phi) is 6.24. The standard InChI is InChI=1S/C25H24ClN5O2/c26-20-4-6-21(7-5-20)33-17-24(32)31-12-10-30(11-13-31)16-18-3-8-22-23(14-18)29-25(28-22)19-2-1-9-27-15-19/h1-9,14-15H,10-13,16-17H2,(H,28,29). The van der Waals surface area contributed by atoms with Crippen molar-refractivity contribution in [2.45, 2.75) is 6.54 Å². The Labute approximate surface area is 197 Å². The van der Waals surface area contributed by atoms with Crippen LogP contribution in [0.5, 0.6) is 5.75 Å². The van der Waals surface area contributed by atoms with Gasteiger partial charge in [0.25, 0.3) is 5.91 Å². The van der Waals surface area contributed by atoms with Gasteiger partial charge in [-0.3, -0.25) is 14.7 Å². The first-order chi connectivity index (χ1) is 16.1. The number of aromatic nitrogens is 3.